The molecular weight excluding hydrogens is 246 g/mol. The molecule has 0 spiro atoms. The second-order valence-corrected chi connectivity index (χ2v) is 6.15. The molecule has 0 saturated carbocycles. The third kappa shape index (κ3) is 1.94. The summed E-state index contributed by atoms with van der Waals surface area (Å²) in [6, 6.07) is 8.18. The summed E-state index contributed by atoms with van der Waals surface area (Å²) in [5.41, 5.74) is 0.908. The van der Waals surface area contributed by atoms with Gasteiger partial charge in [0.05, 0.1) is 27.9 Å². The smallest absolute Gasteiger partial charge is 0.0946 e. The molecule has 1 aliphatic rings. The molecule has 3 nitrogen and oxygen atoms in total. The highest BCUT2D eigenvalue weighted by Gasteiger charge is 2.41. The predicted octanol–water partition coefficient (Wildman–Crippen LogP) is 2.63. The Morgan fingerprint density at radius 3 is 3.00 bits per heavy atom. The first-order chi connectivity index (χ1) is 8.73. The Bertz CT molecular complexity index is 520. The highest BCUT2D eigenvalue weighted by atomic mass is 32.1. The lowest BCUT2D eigenvalue weighted by atomic mass is 9.79. The van der Waals surface area contributed by atoms with Crippen LogP contribution in [-0.2, 0) is 11.2 Å². The van der Waals surface area contributed by atoms with Crippen LogP contribution in [0.4, 0.5) is 0 Å². The zero-order chi connectivity index (χ0) is 12.6. The summed E-state index contributed by atoms with van der Waals surface area (Å²) < 4.78 is 6.84. The fraction of sp³-hybridized carbons (Fsp3) is 0.500. The number of rotatable bonds is 3. The van der Waals surface area contributed by atoms with Gasteiger partial charge in [0, 0.05) is 18.4 Å². The third-order valence-electron chi connectivity index (χ3n) is 3.99. The van der Waals surface area contributed by atoms with Gasteiger partial charge in [0.15, 0.2) is 0 Å². The van der Waals surface area contributed by atoms with Crippen LogP contribution < -0.4 is 0 Å². The normalized spacial score (nSPS) is 28.0. The Hall–Kier alpha value is -0.970. The highest BCUT2D eigenvalue weighted by molar-refractivity contribution is 7.18. The van der Waals surface area contributed by atoms with Gasteiger partial charge in [0.1, 0.15) is 0 Å². The number of fused-ring (bicyclic) bond motifs is 1. The lowest BCUT2D eigenvalue weighted by Crippen LogP contribution is -2.34. The largest absolute Gasteiger partial charge is 0.396 e. The van der Waals surface area contributed by atoms with E-state index in [1.54, 1.807) is 11.3 Å². The Labute approximate surface area is 110 Å². The number of aromatic nitrogens is 1. The van der Waals surface area contributed by atoms with E-state index in [2.05, 4.69) is 18.0 Å². The van der Waals surface area contributed by atoms with Crippen molar-refractivity contribution in [1.82, 2.24) is 4.98 Å². The van der Waals surface area contributed by atoms with E-state index >= 15 is 0 Å². The average molecular weight is 263 g/mol. The number of thiazole rings is 1. The summed E-state index contributed by atoms with van der Waals surface area (Å²) in [7, 11) is 0. The van der Waals surface area contributed by atoms with Crippen LogP contribution >= 0.6 is 11.3 Å². The Morgan fingerprint density at radius 2 is 2.33 bits per heavy atom. The van der Waals surface area contributed by atoms with E-state index in [0.29, 0.717) is 0 Å². The first-order valence-corrected chi connectivity index (χ1v) is 7.12. The molecule has 2 atom stereocenters. The van der Waals surface area contributed by atoms with E-state index < -0.39 is 0 Å². The van der Waals surface area contributed by atoms with Gasteiger partial charge in [-0.15, -0.1) is 11.3 Å². The van der Waals surface area contributed by atoms with Crippen molar-refractivity contribution in [3.63, 3.8) is 0 Å². The zero-order valence-corrected chi connectivity index (χ0v) is 11.2. The van der Waals surface area contributed by atoms with Crippen LogP contribution in [0.25, 0.3) is 10.2 Å². The maximum Gasteiger partial charge on any atom is 0.0946 e. The van der Waals surface area contributed by atoms with Crippen molar-refractivity contribution in [2.24, 2.45) is 5.41 Å². The quantitative estimate of drug-likeness (QED) is 0.925. The van der Waals surface area contributed by atoms with Crippen molar-refractivity contribution in [1.29, 1.82) is 0 Å². The summed E-state index contributed by atoms with van der Waals surface area (Å²) >= 11 is 1.72. The average Bonchev–Trinajstić information content (AvgIpc) is 2.94. The predicted molar refractivity (Wildman–Crippen MR) is 72.9 cm³/mol. The monoisotopic (exact) mass is 263 g/mol. The van der Waals surface area contributed by atoms with E-state index in [-0.39, 0.29) is 18.1 Å². The third-order valence-corrected chi connectivity index (χ3v) is 5.02. The minimum atomic E-state index is -0.145. The molecule has 0 aliphatic carbocycles. The molecule has 1 saturated heterocycles. The first-order valence-electron chi connectivity index (χ1n) is 6.30. The molecule has 2 aromatic rings. The van der Waals surface area contributed by atoms with Crippen LogP contribution in [0.15, 0.2) is 24.3 Å². The molecule has 96 valence electrons. The van der Waals surface area contributed by atoms with Gasteiger partial charge >= 0.3 is 0 Å². The number of hydrogen-bond donors (Lipinski definition) is 1. The first kappa shape index (κ1) is 12.1. The van der Waals surface area contributed by atoms with E-state index in [9.17, 15) is 5.11 Å². The number of ether oxygens (including phenoxy) is 1. The maximum absolute atomic E-state index is 9.72. The van der Waals surface area contributed by atoms with E-state index in [1.807, 2.05) is 18.2 Å². The van der Waals surface area contributed by atoms with Gasteiger partial charge < -0.3 is 9.84 Å². The number of nitrogens with zero attached hydrogens (tertiary/aromatic N) is 1. The van der Waals surface area contributed by atoms with Gasteiger partial charge in [-0.25, -0.2) is 4.98 Å². The summed E-state index contributed by atoms with van der Waals surface area (Å²) in [4.78, 5) is 4.66. The molecule has 1 aromatic carbocycles. The van der Waals surface area contributed by atoms with Crippen molar-refractivity contribution in [2.75, 3.05) is 13.2 Å². The molecule has 1 aromatic heterocycles. The lowest BCUT2D eigenvalue weighted by molar-refractivity contribution is 0.0272. The molecule has 4 heteroatoms. The molecule has 1 fully saturated rings. The highest BCUT2D eigenvalue weighted by Crippen LogP contribution is 2.39. The van der Waals surface area contributed by atoms with Gasteiger partial charge in [-0.05, 0) is 25.5 Å². The Balaban J connectivity index is 1.91. The Morgan fingerprint density at radius 1 is 1.50 bits per heavy atom. The minimum Gasteiger partial charge on any atom is -0.396 e. The molecular formula is C14H17NO2S. The van der Waals surface area contributed by atoms with E-state index in [0.717, 1.165) is 30.0 Å². The van der Waals surface area contributed by atoms with Crippen LogP contribution in [-0.4, -0.2) is 29.4 Å². The van der Waals surface area contributed by atoms with Crippen LogP contribution in [0.1, 0.15) is 18.4 Å². The van der Waals surface area contributed by atoms with Crippen LogP contribution in [0, 0.1) is 5.41 Å². The van der Waals surface area contributed by atoms with Crippen LogP contribution in [0.2, 0.25) is 0 Å². The molecule has 18 heavy (non-hydrogen) atoms. The summed E-state index contributed by atoms with van der Waals surface area (Å²) in [5, 5.41) is 10.8. The summed E-state index contributed by atoms with van der Waals surface area (Å²) in [6.07, 6.45) is 1.83. The molecule has 1 N–H and O–H groups in total. The molecule has 2 heterocycles. The van der Waals surface area contributed by atoms with Crippen molar-refractivity contribution < 1.29 is 9.84 Å². The van der Waals surface area contributed by atoms with Crippen molar-refractivity contribution in [3.8, 4) is 0 Å². The number of para-hydroxylation sites is 1. The van der Waals surface area contributed by atoms with Crippen molar-refractivity contribution in [2.45, 2.75) is 25.9 Å². The fourth-order valence-electron chi connectivity index (χ4n) is 2.61. The Kier molecular flexibility index (Phi) is 3.09. The van der Waals surface area contributed by atoms with Crippen LogP contribution in [0.3, 0.4) is 0 Å². The van der Waals surface area contributed by atoms with E-state index in [1.165, 1.54) is 4.70 Å². The fourth-order valence-corrected chi connectivity index (χ4v) is 3.73. The maximum atomic E-state index is 9.72. The standard InChI is InChI=1S/C14H17NO2S/c1-10-14(9-16,6-7-17-10)8-13-15-11-4-2-3-5-12(11)18-13/h2-5,10,16H,6-9H2,1H3. The summed E-state index contributed by atoms with van der Waals surface area (Å²) in [5.74, 6) is 0. The topological polar surface area (TPSA) is 42.4 Å². The van der Waals surface area contributed by atoms with Crippen molar-refractivity contribution in [3.05, 3.63) is 29.3 Å². The number of benzene rings is 1. The number of hydrogen-bond acceptors (Lipinski definition) is 4. The minimum absolute atomic E-state index is 0.106. The molecule has 1 aliphatic heterocycles. The SMILES string of the molecule is CC1OCCC1(CO)Cc1nc2ccccc2s1. The van der Waals surface area contributed by atoms with Gasteiger partial charge in [-0.1, -0.05) is 12.1 Å². The van der Waals surface area contributed by atoms with Gasteiger partial charge in [-0.3, -0.25) is 0 Å². The lowest BCUT2D eigenvalue weighted by Gasteiger charge is -2.28. The van der Waals surface area contributed by atoms with Gasteiger partial charge in [0.2, 0.25) is 0 Å². The summed E-state index contributed by atoms with van der Waals surface area (Å²) in [6.45, 7) is 2.97. The molecule has 3 rings (SSSR count). The molecule has 0 bridgehead atoms. The van der Waals surface area contributed by atoms with Gasteiger partial charge in [-0.2, -0.15) is 0 Å². The van der Waals surface area contributed by atoms with Crippen LogP contribution in [0.5, 0.6) is 0 Å². The number of aliphatic hydroxyl groups is 1. The molecule has 0 amide bonds. The molecule has 2 unspecified atom stereocenters. The van der Waals surface area contributed by atoms with Gasteiger partial charge in [0.25, 0.3) is 0 Å². The van der Waals surface area contributed by atoms with Crippen molar-refractivity contribution >= 4 is 21.6 Å². The second kappa shape index (κ2) is 4.61. The zero-order valence-electron chi connectivity index (χ0n) is 10.4. The number of aliphatic hydroxyl groups excluding tert-OH is 1. The van der Waals surface area contributed by atoms with E-state index in [4.69, 9.17) is 4.74 Å². The molecule has 0 radical (unpaired) electrons. The second-order valence-electron chi connectivity index (χ2n) is 5.04.